The standard InChI is InChI=1S/C17H28N2O3/c1-18(14-8-10-22-11-9-14)17(21)13-6-7-16(20)19(12-13)15-4-2-3-5-15/h13-15H,2-12H2,1H3. The van der Waals surface area contributed by atoms with E-state index in [1.54, 1.807) is 0 Å². The van der Waals surface area contributed by atoms with E-state index in [0.717, 1.165) is 38.9 Å². The van der Waals surface area contributed by atoms with Gasteiger partial charge in [0.2, 0.25) is 11.8 Å². The minimum atomic E-state index is -0.00820. The van der Waals surface area contributed by atoms with Crippen LogP contribution in [0.15, 0.2) is 0 Å². The fourth-order valence-corrected chi connectivity index (χ4v) is 4.18. The lowest BCUT2D eigenvalue weighted by molar-refractivity contribution is -0.146. The van der Waals surface area contributed by atoms with E-state index in [9.17, 15) is 9.59 Å². The van der Waals surface area contributed by atoms with Gasteiger partial charge in [0.25, 0.3) is 0 Å². The molecule has 0 radical (unpaired) electrons. The van der Waals surface area contributed by atoms with Crippen LogP contribution in [0.1, 0.15) is 51.4 Å². The average molecular weight is 308 g/mol. The molecule has 0 bridgehead atoms. The zero-order valence-electron chi connectivity index (χ0n) is 13.6. The first-order chi connectivity index (χ1) is 10.7. The zero-order valence-corrected chi connectivity index (χ0v) is 13.6. The maximum absolute atomic E-state index is 12.8. The zero-order chi connectivity index (χ0) is 15.5. The molecular formula is C17H28N2O3. The van der Waals surface area contributed by atoms with Gasteiger partial charge in [-0.2, -0.15) is 0 Å². The molecule has 5 heteroatoms. The first-order valence-electron chi connectivity index (χ1n) is 8.80. The third kappa shape index (κ3) is 3.29. The minimum absolute atomic E-state index is 0.00820. The fourth-order valence-electron chi connectivity index (χ4n) is 4.18. The highest BCUT2D eigenvalue weighted by molar-refractivity contribution is 5.84. The predicted molar refractivity (Wildman–Crippen MR) is 83.3 cm³/mol. The second kappa shape index (κ2) is 6.99. The summed E-state index contributed by atoms with van der Waals surface area (Å²) >= 11 is 0. The largest absolute Gasteiger partial charge is 0.381 e. The molecule has 1 saturated carbocycles. The van der Waals surface area contributed by atoms with Gasteiger partial charge in [0.1, 0.15) is 0 Å². The van der Waals surface area contributed by atoms with Crippen LogP contribution in [0, 0.1) is 5.92 Å². The van der Waals surface area contributed by atoms with E-state index in [4.69, 9.17) is 4.74 Å². The molecule has 124 valence electrons. The van der Waals surface area contributed by atoms with Crippen molar-refractivity contribution in [2.45, 2.75) is 63.5 Å². The van der Waals surface area contributed by atoms with Crippen LogP contribution in [0.25, 0.3) is 0 Å². The summed E-state index contributed by atoms with van der Waals surface area (Å²) in [6.45, 7) is 2.13. The Morgan fingerprint density at radius 3 is 2.50 bits per heavy atom. The van der Waals surface area contributed by atoms with Gasteiger partial charge >= 0.3 is 0 Å². The van der Waals surface area contributed by atoms with Crippen LogP contribution in [0.4, 0.5) is 0 Å². The smallest absolute Gasteiger partial charge is 0.227 e. The van der Waals surface area contributed by atoms with Gasteiger partial charge in [0.15, 0.2) is 0 Å². The number of carbonyl (C=O) groups excluding carboxylic acids is 2. The highest BCUT2D eigenvalue weighted by atomic mass is 16.5. The maximum atomic E-state index is 12.8. The summed E-state index contributed by atoms with van der Waals surface area (Å²) in [7, 11) is 1.93. The summed E-state index contributed by atoms with van der Waals surface area (Å²) in [5, 5.41) is 0. The topological polar surface area (TPSA) is 49.9 Å². The molecule has 2 amide bonds. The Morgan fingerprint density at radius 1 is 1.14 bits per heavy atom. The van der Waals surface area contributed by atoms with Crippen molar-refractivity contribution in [3.8, 4) is 0 Å². The van der Waals surface area contributed by atoms with Crippen molar-refractivity contribution in [3.05, 3.63) is 0 Å². The number of amides is 2. The SMILES string of the molecule is CN(C(=O)C1CCC(=O)N(C2CCCC2)C1)C1CCOCC1. The Kier molecular flexibility index (Phi) is 5.01. The van der Waals surface area contributed by atoms with Gasteiger partial charge in [-0.3, -0.25) is 9.59 Å². The van der Waals surface area contributed by atoms with E-state index in [1.165, 1.54) is 12.8 Å². The summed E-state index contributed by atoms with van der Waals surface area (Å²) < 4.78 is 5.38. The Labute approximate surface area is 133 Å². The van der Waals surface area contributed by atoms with Crippen molar-refractivity contribution in [1.29, 1.82) is 0 Å². The number of piperidine rings is 1. The molecule has 2 saturated heterocycles. The molecule has 0 N–H and O–H groups in total. The van der Waals surface area contributed by atoms with Crippen LogP contribution >= 0.6 is 0 Å². The van der Waals surface area contributed by atoms with Crippen LogP contribution < -0.4 is 0 Å². The molecule has 1 unspecified atom stereocenters. The Morgan fingerprint density at radius 2 is 1.82 bits per heavy atom. The number of nitrogens with zero attached hydrogens (tertiary/aromatic N) is 2. The van der Waals surface area contributed by atoms with Gasteiger partial charge in [0, 0.05) is 45.3 Å². The van der Waals surface area contributed by atoms with Crippen LogP contribution in [-0.4, -0.2) is 60.5 Å². The van der Waals surface area contributed by atoms with E-state index < -0.39 is 0 Å². The van der Waals surface area contributed by atoms with E-state index in [0.29, 0.717) is 31.5 Å². The van der Waals surface area contributed by atoms with Crippen molar-refractivity contribution in [1.82, 2.24) is 9.80 Å². The third-order valence-corrected chi connectivity index (χ3v) is 5.64. The lowest BCUT2D eigenvalue weighted by Gasteiger charge is -2.39. The summed E-state index contributed by atoms with van der Waals surface area (Å²) in [6, 6.07) is 0.690. The Bertz CT molecular complexity index is 414. The normalized spacial score (nSPS) is 28.1. The van der Waals surface area contributed by atoms with Crippen molar-refractivity contribution >= 4 is 11.8 Å². The van der Waals surface area contributed by atoms with Gasteiger partial charge in [0.05, 0.1) is 5.92 Å². The van der Waals surface area contributed by atoms with Crippen molar-refractivity contribution in [3.63, 3.8) is 0 Å². The number of likely N-dealkylation sites (tertiary alicyclic amines) is 1. The molecule has 3 rings (SSSR count). The molecule has 0 aromatic rings. The molecule has 0 spiro atoms. The van der Waals surface area contributed by atoms with Crippen LogP contribution in [0.3, 0.4) is 0 Å². The van der Waals surface area contributed by atoms with Crippen LogP contribution in [-0.2, 0) is 14.3 Å². The number of hydrogen-bond acceptors (Lipinski definition) is 3. The third-order valence-electron chi connectivity index (χ3n) is 5.64. The minimum Gasteiger partial charge on any atom is -0.381 e. The van der Waals surface area contributed by atoms with Gasteiger partial charge in [-0.1, -0.05) is 12.8 Å². The van der Waals surface area contributed by atoms with E-state index in [-0.39, 0.29) is 17.7 Å². The highest BCUT2D eigenvalue weighted by Gasteiger charge is 2.37. The lowest BCUT2D eigenvalue weighted by atomic mass is 9.93. The van der Waals surface area contributed by atoms with E-state index in [2.05, 4.69) is 0 Å². The first-order valence-corrected chi connectivity index (χ1v) is 8.80. The second-order valence-corrected chi connectivity index (χ2v) is 7.01. The van der Waals surface area contributed by atoms with Gasteiger partial charge in [-0.25, -0.2) is 0 Å². The number of rotatable bonds is 3. The van der Waals surface area contributed by atoms with E-state index in [1.807, 2.05) is 16.8 Å². The Hall–Kier alpha value is -1.10. The Balaban J connectivity index is 1.60. The maximum Gasteiger partial charge on any atom is 0.227 e. The highest BCUT2D eigenvalue weighted by Crippen LogP contribution is 2.29. The molecule has 2 heterocycles. The van der Waals surface area contributed by atoms with Crippen molar-refractivity contribution in [2.24, 2.45) is 5.92 Å². The molecule has 2 aliphatic heterocycles. The van der Waals surface area contributed by atoms with Gasteiger partial charge < -0.3 is 14.5 Å². The number of hydrogen-bond donors (Lipinski definition) is 0. The molecule has 0 aromatic heterocycles. The van der Waals surface area contributed by atoms with Crippen LogP contribution in [0.5, 0.6) is 0 Å². The molecule has 0 aromatic carbocycles. The number of carbonyl (C=O) groups is 2. The molecule has 3 fully saturated rings. The first kappa shape index (κ1) is 15.8. The monoisotopic (exact) mass is 308 g/mol. The van der Waals surface area contributed by atoms with Gasteiger partial charge in [-0.05, 0) is 32.1 Å². The molecule has 22 heavy (non-hydrogen) atoms. The molecule has 1 aliphatic carbocycles. The second-order valence-electron chi connectivity index (χ2n) is 7.01. The summed E-state index contributed by atoms with van der Waals surface area (Å²) in [6.07, 6.45) is 7.78. The molecule has 1 atom stereocenters. The fraction of sp³-hybridized carbons (Fsp3) is 0.882. The van der Waals surface area contributed by atoms with Crippen molar-refractivity contribution in [2.75, 3.05) is 26.8 Å². The van der Waals surface area contributed by atoms with Crippen molar-refractivity contribution < 1.29 is 14.3 Å². The summed E-state index contributed by atoms with van der Waals surface area (Å²) in [5.41, 5.74) is 0. The summed E-state index contributed by atoms with van der Waals surface area (Å²) in [5.74, 6) is 0.471. The molecule has 3 aliphatic rings. The lowest BCUT2D eigenvalue weighted by Crippen LogP contribution is -2.51. The van der Waals surface area contributed by atoms with Crippen LogP contribution in [0.2, 0.25) is 0 Å². The average Bonchev–Trinajstić information content (AvgIpc) is 3.09. The quantitative estimate of drug-likeness (QED) is 0.799. The summed E-state index contributed by atoms with van der Waals surface area (Å²) in [4.78, 5) is 29.0. The van der Waals surface area contributed by atoms with E-state index >= 15 is 0 Å². The predicted octanol–water partition coefficient (Wildman–Crippen LogP) is 1.80. The number of ether oxygens (including phenoxy) is 1. The van der Waals surface area contributed by atoms with Gasteiger partial charge in [-0.15, -0.1) is 0 Å². The molecule has 5 nitrogen and oxygen atoms in total. The molecular weight excluding hydrogens is 280 g/mol.